The number of hydrogen-bond donors (Lipinski definition) is 4. The minimum atomic E-state index is -1.11. The number of rotatable bonds is 4. The number of aliphatic carboxylic acids is 1. The van der Waals surface area contributed by atoms with Crippen LogP contribution in [-0.2, 0) is 4.79 Å². The predicted octanol–water partition coefficient (Wildman–Crippen LogP) is 0.274. The van der Waals surface area contributed by atoms with Crippen LogP contribution in [0, 0.1) is 12.3 Å². The van der Waals surface area contributed by atoms with Crippen LogP contribution >= 0.6 is 0 Å². The Morgan fingerprint density at radius 3 is 2.80 bits per heavy atom. The number of aromatic nitrogens is 2. The van der Waals surface area contributed by atoms with E-state index < -0.39 is 5.97 Å². The second kappa shape index (κ2) is 4.41. The summed E-state index contributed by atoms with van der Waals surface area (Å²) >= 11 is 0. The smallest absolute Gasteiger partial charge is 0.352 e. The van der Waals surface area contributed by atoms with Crippen LogP contribution in [0.15, 0.2) is 18.0 Å². The van der Waals surface area contributed by atoms with Gasteiger partial charge in [-0.2, -0.15) is 0 Å². The quantitative estimate of drug-likeness (QED) is 0.421. The summed E-state index contributed by atoms with van der Waals surface area (Å²) in [6.07, 6.45) is 2.79. The average molecular weight is 208 g/mol. The van der Waals surface area contributed by atoms with E-state index in [1.807, 2.05) is 6.92 Å². The Kier molecular flexibility index (Phi) is 3.22. The molecule has 0 aliphatic carbocycles. The molecule has 0 amide bonds. The molecule has 0 radical (unpaired) electrons. The highest BCUT2D eigenvalue weighted by atomic mass is 16.4. The maximum Gasteiger partial charge on any atom is 0.352 e. The molecule has 1 heterocycles. The molecule has 0 aromatic carbocycles. The van der Waals surface area contributed by atoms with Crippen LogP contribution in [0.1, 0.15) is 11.5 Å². The lowest BCUT2D eigenvalue weighted by Crippen LogP contribution is -2.17. The number of likely N-dealkylation sites (N-methyl/N-ethyl adjacent to an activating group) is 1. The molecule has 1 rings (SSSR count). The Hall–Kier alpha value is -2.11. The highest BCUT2D eigenvalue weighted by molar-refractivity contribution is 6.07. The van der Waals surface area contributed by atoms with Gasteiger partial charge in [-0.3, -0.25) is 5.41 Å². The summed E-state index contributed by atoms with van der Waals surface area (Å²) < 4.78 is 0. The molecule has 0 saturated heterocycles. The third kappa shape index (κ3) is 2.67. The Balaban J connectivity index is 2.91. The SMILES string of the molecule is CN/C(=C\C(=N)c1ncc(C)[nH]1)C(=O)O. The fourth-order valence-electron chi connectivity index (χ4n) is 1.00. The normalized spacial score (nSPS) is 11.2. The first-order valence-electron chi connectivity index (χ1n) is 4.28. The van der Waals surface area contributed by atoms with Crippen molar-refractivity contribution >= 4 is 11.7 Å². The third-order valence-corrected chi connectivity index (χ3v) is 1.75. The van der Waals surface area contributed by atoms with Crippen molar-refractivity contribution in [3.05, 3.63) is 29.5 Å². The number of nitrogens with zero attached hydrogens (tertiary/aromatic N) is 1. The van der Waals surface area contributed by atoms with Crippen LogP contribution in [-0.4, -0.2) is 33.8 Å². The molecule has 80 valence electrons. The van der Waals surface area contributed by atoms with Gasteiger partial charge in [-0.25, -0.2) is 9.78 Å². The van der Waals surface area contributed by atoms with Crippen LogP contribution < -0.4 is 5.32 Å². The van der Waals surface area contributed by atoms with Gasteiger partial charge in [-0.15, -0.1) is 0 Å². The lowest BCUT2D eigenvalue weighted by atomic mass is 10.3. The molecule has 6 heteroatoms. The summed E-state index contributed by atoms with van der Waals surface area (Å²) in [5, 5.41) is 18.8. The van der Waals surface area contributed by atoms with Crippen molar-refractivity contribution < 1.29 is 9.90 Å². The van der Waals surface area contributed by atoms with E-state index in [1.165, 1.54) is 13.1 Å². The van der Waals surface area contributed by atoms with E-state index in [4.69, 9.17) is 10.5 Å². The third-order valence-electron chi connectivity index (χ3n) is 1.75. The molecule has 0 aliphatic rings. The lowest BCUT2D eigenvalue weighted by Gasteiger charge is -2.00. The van der Waals surface area contributed by atoms with E-state index in [-0.39, 0.29) is 11.4 Å². The molecule has 0 aliphatic heterocycles. The molecular weight excluding hydrogens is 196 g/mol. The van der Waals surface area contributed by atoms with Crippen molar-refractivity contribution in [2.45, 2.75) is 6.92 Å². The maximum atomic E-state index is 10.6. The molecule has 4 N–H and O–H groups in total. The average Bonchev–Trinajstić information content (AvgIpc) is 2.60. The molecule has 0 saturated carbocycles. The summed E-state index contributed by atoms with van der Waals surface area (Å²) in [5.74, 6) is -0.757. The number of nitrogens with one attached hydrogen (secondary N) is 3. The Bertz CT molecular complexity index is 420. The van der Waals surface area contributed by atoms with Crippen LogP contribution in [0.4, 0.5) is 0 Å². The summed E-state index contributed by atoms with van der Waals surface area (Å²) in [6, 6.07) is 0. The predicted molar refractivity (Wildman–Crippen MR) is 54.9 cm³/mol. The number of H-pyrrole nitrogens is 1. The summed E-state index contributed by atoms with van der Waals surface area (Å²) in [5.41, 5.74) is 0.799. The van der Waals surface area contributed by atoms with Crippen LogP contribution in [0.2, 0.25) is 0 Å². The summed E-state index contributed by atoms with van der Waals surface area (Å²) in [4.78, 5) is 17.4. The van der Waals surface area contributed by atoms with E-state index in [1.54, 1.807) is 6.20 Å². The van der Waals surface area contributed by atoms with E-state index in [0.717, 1.165) is 5.69 Å². The van der Waals surface area contributed by atoms with Crippen molar-refractivity contribution in [1.29, 1.82) is 5.41 Å². The van der Waals surface area contributed by atoms with Crippen molar-refractivity contribution in [1.82, 2.24) is 15.3 Å². The van der Waals surface area contributed by atoms with Gasteiger partial charge in [0.15, 0.2) is 5.82 Å². The van der Waals surface area contributed by atoms with Gasteiger partial charge in [0.25, 0.3) is 0 Å². The largest absolute Gasteiger partial charge is 0.477 e. The van der Waals surface area contributed by atoms with Gasteiger partial charge < -0.3 is 15.4 Å². The zero-order valence-electron chi connectivity index (χ0n) is 8.46. The highest BCUT2D eigenvalue weighted by Gasteiger charge is 2.08. The molecule has 0 fully saturated rings. The van der Waals surface area contributed by atoms with E-state index in [2.05, 4.69) is 15.3 Å². The number of imidazole rings is 1. The second-order valence-electron chi connectivity index (χ2n) is 2.94. The fraction of sp³-hybridized carbons (Fsp3) is 0.222. The van der Waals surface area contributed by atoms with Gasteiger partial charge in [-0.05, 0) is 13.0 Å². The van der Waals surface area contributed by atoms with Crippen molar-refractivity contribution in [3.8, 4) is 0 Å². The van der Waals surface area contributed by atoms with Gasteiger partial charge in [0, 0.05) is 18.9 Å². The van der Waals surface area contributed by atoms with Crippen LogP contribution in [0.25, 0.3) is 0 Å². The standard InChI is InChI=1S/C9H12N4O2/c1-5-4-12-8(13-5)6(10)3-7(11-2)9(14)15/h3-4,10-11H,1-2H3,(H,12,13)(H,14,15)/b7-3-,10-6?. The molecule has 15 heavy (non-hydrogen) atoms. The molecule has 1 aromatic heterocycles. The Labute approximate surface area is 86.6 Å². The highest BCUT2D eigenvalue weighted by Crippen LogP contribution is 1.99. The van der Waals surface area contributed by atoms with Gasteiger partial charge in [0.05, 0.1) is 5.71 Å². The first kappa shape index (κ1) is 11.0. The molecule has 0 atom stereocenters. The molecule has 0 spiro atoms. The van der Waals surface area contributed by atoms with E-state index in [0.29, 0.717) is 5.82 Å². The van der Waals surface area contributed by atoms with E-state index >= 15 is 0 Å². The zero-order valence-corrected chi connectivity index (χ0v) is 8.46. The monoisotopic (exact) mass is 208 g/mol. The van der Waals surface area contributed by atoms with Gasteiger partial charge >= 0.3 is 5.97 Å². The molecule has 0 unspecified atom stereocenters. The summed E-state index contributed by atoms with van der Waals surface area (Å²) in [6.45, 7) is 1.81. The second-order valence-corrected chi connectivity index (χ2v) is 2.94. The number of aryl methyl sites for hydroxylation is 1. The van der Waals surface area contributed by atoms with Crippen LogP contribution in [0.3, 0.4) is 0 Å². The van der Waals surface area contributed by atoms with E-state index in [9.17, 15) is 4.79 Å². The lowest BCUT2D eigenvalue weighted by molar-refractivity contribution is -0.133. The molecular formula is C9H12N4O2. The zero-order chi connectivity index (χ0) is 11.4. The minimum Gasteiger partial charge on any atom is -0.477 e. The number of aromatic amines is 1. The molecule has 1 aromatic rings. The first-order chi connectivity index (χ1) is 7.04. The Morgan fingerprint density at radius 2 is 2.40 bits per heavy atom. The number of carbonyl (C=O) groups is 1. The van der Waals surface area contributed by atoms with Crippen molar-refractivity contribution in [3.63, 3.8) is 0 Å². The first-order valence-corrected chi connectivity index (χ1v) is 4.28. The molecule has 6 nitrogen and oxygen atoms in total. The Morgan fingerprint density at radius 1 is 1.73 bits per heavy atom. The number of carboxylic acids is 1. The number of allylic oxidation sites excluding steroid dienone is 1. The fourth-order valence-corrected chi connectivity index (χ4v) is 1.00. The minimum absolute atomic E-state index is 0.0230. The number of hydrogen-bond acceptors (Lipinski definition) is 4. The van der Waals surface area contributed by atoms with Crippen molar-refractivity contribution in [2.75, 3.05) is 7.05 Å². The maximum absolute atomic E-state index is 10.6. The van der Waals surface area contributed by atoms with Crippen molar-refractivity contribution in [2.24, 2.45) is 0 Å². The van der Waals surface area contributed by atoms with Gasteiger partial charge in [-0.1, -0.05) is 0 Å². The topological polar surface area (TPSA) is 102 Å². The van der Waals surface area contributed by atoms with Gasteiger partial charge in [0.1, 0.15) is 5.70 Å². The number of carboxylic acid groups (broad SMARTS) is 1. The molecule has 0 bridgehead atoms. The van der Waals surface area contributed by atoms with Gasteiger partial charge in [0.2, 0.25) is 0 Å². The summed E-state index contributed by atoms with van der Waals surface area (Å²) in [7, 11) is 1.49. The van der Waals surface area contributed by atoms with Crippen LogP contribution in [0.5, 0.6) is 0 Å².